The van der Waals surface area contributed by atoms with Gasteiger partial charge in [-0.2, -0.15) is 0 Å². The molecule has 2 aliphatic rings. The van der Waals surface area contributed by atoms with Crippen LogP contribution in [0.2, 0.25) is 0 Å². The zero-order valence-electron chi connectivity index (χ0n) is 11.6. The summed E-state index contributed by atoms with van der Waals surface area (Å²) in [5.74, 6) is 1.85. The van der Waals surface area contributed by atoms with Crippen molar-refractivity contribution < 1.29 is 0 Å². The minimum atomic E-state index is 0.307. The van der Waals surface area contributed by atoms with Gasteiger partial charge in [0.25, 0.3) is 12.6 Å². The molecule has 0 spiro atoms. The van der Waals surface area contributed by atoms with E-state index in [-0.39, 0.29) is 0 Å². The lowest BCUT2D eigenvalue weighted by Crippen LogP contribution is -2.47. The number of nitrogens with zero attached hydrogens (tertiary/aromatic N) is 1. The predicted octanol–water partition coefficient (Wildman–Crippen LogP) is 4.75. The summed E-state index contributed by atoms with van der Waals surface area (Å²) in [5.41, 5.74) is 1.82. The molecule has 2 rings (SSSR count). The molecule has 2 aliphatic carbocycles. The molecule has 0 N–H and O–H groups in total. The molecule has 1 heteroatoms. The van der Waals surface area contributed by atoms with Gasteiger partial charge in [0.05, 0.1) is 5.92 Å². The zero-order valence-corrected chi connectivity index (χ0v) is 11.6. The first kappa shape index (κ1) is 12.7. The number of fused-ring (bicyclic) bond motifs is 1. The maximum Gasteiger partial charge on any atom is 0.282 e. The first-order valence-electron chi connectivity index (χ1n) is 7.07. The van der Waals surface area contributed by atoms with Crippen molar-refractivity contribution in [3.8, 4) is 6.57 Å². The third kappa shape index (κ3) is 2.03. The Kier molecular flexibility index (Phi) is 3.34. The van der Waals surface area contributed by atoms with Crippen LogP contribution in [0.3, 0.4) is 0 Å². The van der Waals surface area contributed by atoms with E-state index in [0.29, 0.717) is 29.2 Å². The van der Waals surface area contributed by atoms with Gasteiger partial charge in [0.15, 0.2) is 0 Å². The minimum Gasteiger partial charge on any atom is -0.0993 e. The van der Waals surface area contributed by atoms with Gasteiger partial charge in [-0.05, 0) is 43.4 Å². The van der Waals surface area contributed by atoms with E-state index < -0.39 is 0 Å². The summed E-state index contributed by atoms with van der Waals surface area (Å²) in [6, 6.07) is 0.307. The standard InChI is InChI=1S/C16H26N/c1-11(2)13-8-10-16(4)9-6-7-12(3)14(16)15(13)17-5/h5,11,13-15H,3,6-10H2,1-2,4H3/q+1. The molecule has 0 heterocycles. The first-order valence-corrected chi connectivity index (χ1v) is 7.07. The molecule has 2 fully saturated rings. The summed E-state index contributed by atoms with van der Waals surface area (Å²) in [4.78, 5) is 4.27. The molecule has 0 aromatic heterocycles. The highest BCUT2D eigenvalue weighted by molar-refractivity contribution is 5.20. The molecular weight excluding hydrogens is 206 g/mol. The fourth-order valence-corrected chi connectivity index (χ4v) is 4.30. The average molecular weight is 232 g/mol. The van der Waals surface area contributed by atoms with Crippen molar-refractivity contribution in [1.29, 1.82) is 0 Å². The molecule has 0 amide bonds. The molecule has 0 aromatic carbocycles. The molecule has 0 bridgehead atoms. The van der Waals surface area contributed by atoms with E-state index in [1.54, 1.807) is 0 Å². The van der Waals surface area contributed by atoms with Crippen molar-refractivity contribution >= 4 is 0 Å². The lowest BCUT2D eigenvalue weighted by atomic mass is 9.54. The molecule has 17 heavy (non-hydrogen) atoms. The summed E-state index contributed by atoms with van der Waals surface area (Å²) in [5, 5.41) is 0. The fourth-order valence-electron chi connectivity index (χ4n) is 4.30. The van der Waals surface area contributed by atoms with Crippen LogP contribution >= 0.6 is 0 Å². The Labute approximate surface area is 106 Å². The van der Waals surface area contributed by atoms with Crippen molar-refractivity contribution in [2.75, 3.05) is 0 Å². The van der Waals surface area contributed by atoms with E-state index in [4.69, 9.17) is 6.57 Å². The van der Waals surface area contributed by atoms with Crippen molar-refractivity contribution in [3.05, 3.63) is 17.0 Å². The quantitative estimate of drug-likeness (QED) is 0.575. The van der Waals surface area contributed by atoms with Gasteiger partial charge in [0.1, 0.15) is 0 Å². The highest BCUT2D eigenvalue weighted by atomic mass is 14.8. The number of rotatable bonds is 1. The van der Waals surface area contributed by atoms with Gasteiger partial charge in [-0.1, -0.05) is 37.8 Å². The fraction of sp³-hybridized carbons (Fsp3) is 0.812. The first-order chi connectivity index (χ1) is 7.99. The molecule has 0 radical (unpaired) electrons. The summed E-state index contributed by atoms with van der Waals surface area (Å²) >= 11 is 0. The Balaban J connectivity index is 2.32. The van der Waals surface area contributed by atoms with Crippen molar-refractivity contribution in [2.24, 2.45) is 23.2 Å². The van der Waals surface area contributed by atoms with Crippen molar-refractivity contribution in [2.45, 2.75) is 58.9 Å². The van der Waals surface area contributed by atoms with E-state index in [1.165, 1.54) is 37.7 Å². The van der Waals surface area contributed by atoms with E-state index in [2.05, 4.69) is 32.2 Å². The van der Waals surface area contributed by atoms with Gasteiger partial charge >= 0.3 is 0 Å². The van der Waals surface area contributed by atoms with Gasteiger partial charge in [-0.3, -0.25) is 0 Å². The summed E-state index contributed by atoms with van der Waals surface area (Å²) in [6.45, 7) is 17.1. The Morgan fingerprint density at radius 1 is 1.41 bits per heavy atom. The van der Waals surface area contributed by atoms with E-state index >= 15 is 0 Å². The molecule has 0 saturated heterocycles. The number of hydrogen-bond acceptors (Lipinski definition) is 0. The predicted molar refractivity (Wildman–Crippen MR) is 74.2 cm³/mol. The molecule has 1 nitrogen and oxygen atoms in total. The molecule has 94 valence electrons. The van der Waals surface area contributed by atoms with E-state index in [0.717, 1.165) is 0 Å². The Bertz CT molecular complexity index is 349. The smallest absolute Gasteiger partial charge is 0.0993 e. The SMILES string of the molecule is C#[N+]C1C(C(C)C)CCC2(C)CCCC(=C)C12. The van der Waals surface area contributed by atoms with Crippen LogP contribution in [0, 0.1) is 29.7 Å². The number of hydrogen-bond donors (Lipinski definition) is 0. The zero-order chi connectivity index (χ0) is 12.6. The lowest BCUT2D eigenvalue weighted by Gasteiger charge is -2.48. The van der Waals surface area contributed by atoms with Crippen LogP contribution in [0.25, 0.3) is 4.85 Å². The van der Waals surface area contributed by atoms with Gasteiger partial charge in [0.2, 0.25) is 0 Å². The second-order valence-corrected chi connectivity index (χ2v) is 6.73. The largest absolute Gasteiger partial charge is 0.282 e. The molecule has 2 saturated carbocycles. The Morgan fingerprint density at radius 2 is 2.12 bits per heavy atom. The van der Waals surface area contributed by atoms with E-state index in [1.807, 2.05) is 0 Å². The van der Waals surface area contributed by atoms with Crippen LogP contribution in [0.15, 0.2) is 12.2 Å². The Morgan fingerprint density at radius 3 is 2.71 bits per heavy atom. The van der Waals surface area contributed by atoms with Crippen molar-refractivity contribution in [1.82, 2.24) is 0 Å². The normalized spacial score (nSPS) is 42.1. The highest BCUT2D eigenvalue weighted by Crippen LogP contribution is 2.55. The average Bonchev–Trinajstić information content (AvgIpc) is 2.26. The summed E-state index contributed by atoms with van der Waals surface area (Å²) < 4.78 is 0. The molecular formula is C16H26N+. The minimum absolute atomic E-state index is 0.307. The van der Waals surface area contributed by atoms with Crippen LogP contribution < -0.4 is 0 Å². The summed E-state index contributed by atoms with van der Waals surface area (Å²) in [6.07, 6.45) is 6.41. The molecule has 4 atom stereocenters. The van der Waals surface area contributed by atoms with Gasteiger partial charge in [-0.25, -0.2) is 0 Å². The van der Waals surface area contributed by atoms with Crippen molar-refractivity contribution in [3.63, 3.8) is 0 Å². The third-order valence-corrected chi connectivity index (χ3v) is 5.29. The molecule has 0 aromatic rings. The van der Waals surface area contributed by atoms with Gasteiger partial charge in [0, 0.05) is 5.92 Å². The van der Waals surface area contributed by atoms with Crippen LogP contribution in [0.5, 0.6) is 0 Å². The topological polar surface area (TPSA) is 4.36 Å². The monoisotopic (exact) mass is 232 g/mol. The highest BCUT2D eigenvalue weighted by Gasteiger charge is 2.54. The maximum absolute atomic E-state index is 5.74. The Hall–Kier alpha value is -0.770. The third-order valence-electron chi connectivity index (χ3n) is 5.29. The van der Waals surface area contributed by atoms with E-state index in [9.17, 15) is 0 Å². The van der Waals surface area contributed by atoms with Crippen LogP contribution in [-0.4, -0.2) is 6.04 Å². The summed E-state index contributed by atoms with van der Waals surface area (Å²) in [7, 11) is 0. The second-order valence-electron chi connectivity index (χ2n) is 6.73. The molecule has 0 aliphatic heterocycles. The van der Waals surface area contributed by atoms with Gasteiger partial charge < -0.3 is 0 Å². The van der Waals surface area contributed by atoms with Crippen LogP contribution in [0.1, 0.15) is 52.9 Å². The van der Waals surface area contributed by atoms with Gasteiger partial charge in [-0.15, -0.1) is 0 Å². The molecule has 4 unspecified atom stereocenters. The lowest BCUT2D eigenvalue weighted by molar-refractivity contribution is 0.0510. The van der Waals surface area contributed by atoms with Crippen LogP contribution in [-0.2, 0) is 0 Å². The second kappa shape index (κ2) is 4.48. The maximum atomic E-state index is 5.74. The van der Waals surface area contributed by atoms with Crippen LogP contribution in [0.4, 0.5) is 0 Å².